The van der Waals surface area contributed by atoms with Crippen LogP contribution in [0.1, 0.15) is 20.3 Å². The van der Waals surface area contributed by atoms with Crippen molar-refractivity contribution in [1.82, 2.24) is 9.55 Å². The van der Waals surface area contributed by atoms with Crippen LogP contribution in [0.5, 0.6) is 0 Å². The first-order chi connectivity index (χ1) is 12.3. The third kappa shape index (κ3) is 3.17. The summed E-state index contributed by atoms with van der Waals surface area (Å²) < 4.78 is 49.0. The average Bonchev–Trinajstić information content (AvgIpc) is 2.58. The second-order valence-corrected chi connectivity index (χ2v) is 6.70. The molecular formula is C16H21F3N4O3. The van der Waals surface area contributed by atoms with E-state index in [9.17, 15) is 22.8 Å². The summed E-state index contributed by atoms with van der Waals surface area (Å²) in [4.78, 5) is 30.4. The van der Waals surface area contributed by atoms with Crippen molar-refractivity contribution >= 4 is 18.1 Å². The summed E-state index contributed by atoms with van der Waals surface area (Å²) >= 11 is 0. The highest BCUT2D eigenvalue weighted by Crippen LogP contribution is 2.33. The van der Waals surface area contributed by atoms with Gasteiger partial charge in [0.15, 0.2) is 5.82 Å². The molecule has 26 heavy (non-hydrogen) atoms. The molecule has 2 aliphatic heterocycles. The minimum Gasteiger partial charge on any atom is -0.377 e. The molecule has 0 aliphatic carbocycles. The Hall–Kier alpha value is -2.10. The van der Waals surface area contributed by atoms with Gasteiger partial charge in [-0.1, -0.05) is 0 Å². The van der Waals surface area contributed by atoms with Crippen molar-refractivity contribution in [2.24, 2.45) is 0 Å². The lowest BCUT2D eigenvalue weighted by Gasteiger charge is -2.41. The summed E-state index contributed by atoms with van der Waals surface area (Å²) in [5, 5.41) is 0. The van der Waals surface area contributed by atoms with Crippen LogP contribution in [0.3, 0.4) is 0 Å². The Bertz CT molecular complexity index is 749. The van der Waals surface area contributed by atoms with E-state index in [0.29, 0.717) is 26.0 Å². The van der Waals surface area contributed by atoms with Gasteiger partial charge >= 0.3 is 0 Å². The van der Waals surface area contributed by atoms with Gasteiger partial charge in [-0.15, -0.1) is 0 Å². The first kappa shape index (κ1) is 18.7. The van der Waals surface area contributed by atoms with E-state index in [2.05, 4.69) is 4.98 Å². The molecule has 144 valence electrons. The molecule has 0 bridgehead atoms. The number of hydrogen-bond donors (Lipinski definition) is 0. The predicted molar refractivity (Wildman–Crippen MR) is 88.5 cm³/mol. The van der Waals surface area contributed by atoms with Gasteiger partial charge in [-0.05, 0) is 13.3 Å². The number of nitrogens with zero attached hydrogens (tertiary/aromatic N) is 4. The number of ether oxygens (including phenoxy) is 1. The van der Waals surface area contributed by atoms with Crippen LogP contribution >= 0.6 is 0 Å². The first-order valence-corrected chi connectivity index (χ1v) is 8.48. The number of anilines is 2. The molecule has 1 aromatic rings. The Balaban J connectivity index is 2.12. The average molecular weight is 374 g/mol. The summed E-state index contributed by atoms with van der Waals surface area (Å²) in [6.07, 6.45) is 0.389. The molecule has 0 spiro atoms. The van der Waals surface area contributed by atoms with Crippen LogP contribution in [0.2, 0.25) is 0 Å². The lowest BCUT2D eigenvalue weighted by Crippen LogP contribution is -2.54. The Kier molecular flexibility index (Phi) is 4.96. The molecular weight excluding hydrogens is 353 g/mol. The summed E-state index contributed by atoms with van der Waals surface area (Å²) in [6.45, 7) is 3.13. The highest BCUT2D eigenvalue weighted by atomic mass is 19.3. The number of rotatable bonds is 4. The fraction of sp³-hybridized carbons (Fsp3) is 0.688. The van der Waals surface area contributed by atoms with E-state index in [1.165, 1.54) is 0 Å². The minimum absolute atomic E-state index is 0.0829. The van der Waals surface area contributed by atoms with E-state index in [1.807, 2.05) is 0 Å². The van der Waals surface area contributed by atoms with Gasteiger partial charge in [-0.3, -0.25) is 9.36 Å². The largest absolute Gasteiger partial charge is 0.377 e. The van der Waals surface area contributed by atoms with Crippen LogP contribution in [0, 0.1) is 5.82 Å². The van der Waals surface area contributed by atoms with Crippen LogP contribution < -0.4 is 15.4 Å². The fourth-order valence-electron chi connectivity index (χ4n) is 3.52. The molecule has 0 aromatic carbocycles. The third-order valence-electron chi connectivity index (χ3n) is 4.83. The molecule has 0 saturated carbocycles. The highest BCUT2D eigenvalue weighted by Gasteiger charge is 2.43. The van der Waals surface area contributed by atoms with Crippen molar-refractivity contribution in [3.8, 4) is 0 Å². The van der Waals surface area contributed by atoms with Crippen LogP contribution in [0.15, 0.2) is 4.79 Å². The van der Waals surface area contributed by atoms with Crippen LogP contribution in [-0.2, 0) is 16.1 Å². The SMILES string of the molecule is C[C@@H]1COCCN1c1nc2n(c(=O)c1F)CC[C@@H](C(C)(F)F)N2CC=O. The van der Waals surface area contributed by atoms with Crippen molar-refractivity contribution < 1.29 is 22.7 Å². The number of morpholine rings is 1. The zero-order valence-electron chi connectivity index (χ0n) is 14.6. The number of halogens is 3. The van der Waals surface area contributed by atoms with Gasteiger partial charge in [0.1, 0.15) is 6.29 Å². The van der Waals surface area contributed by atoms with E-state index in [1.54, 1.807) is 11.8 Å². The number of carbonyl (C=O) groups is 1. The lowest BCUT2D eigenvalue weighted by atomic mass is 10.0. The maximum atomic E-state index is 14.7. The van der Waals surface area contributed by atoms with Gasteiger partial charge in [0.2, 0.25) is 11.8 Å². The highest BCUT2D eigenvalue weighted by molar-refractivity contribution is 5.60. The second-order valence-electron chi connectivity index (χ2n) is 6.70. The van der Waals surface area contributed by atoms with E-state index < -0.39 is 23.3 Å². The van der Waals surface area contributed by atoms with E-state index >= 15 is 0 Å². The molecule has 10 heteroatoms. The number of aromatic nitrogens is 2. The van der Waals surface area contributed by atoms with Gasteiger partial charge < -0.3 is 19.3 Å². The fourth-order valence-corrected chi connectivity index (χ4v) is 3.52. The molecule has 2 atom stereocenters. The zero-order chi connectivity index (χ0) is 19.1. The Morgan fingerprint density at radius 1 is 1.38 bits per heavy atom. The smallest absolute Gasteiger partial charge is 0.293 e. The van der Waals surface area contributed by atoms with E-state index in [4.69, 9.17) is 4.74 Å². The molecule has 2 aliphatic rings. The third-order valence-corrected chi connectivity index (χ3v) is 4.83. The Morgan fingerprint density at radius 3 is 2.73 bits per heavy atom. The number of carbonyl (C=O) groups excluding carboxylic acids is 1. The van der Waals surface area contributed by atoms with Gasteiger partial charge in [-0.25, -0.2) is 8.78 Å². The monoisotopic (exact) mass is 374 g/mol. The molecule has 7 nitrogen and oxygen atoms in total. The Labute approximate surface area is 148 Å². The Morgan fingerprint density at radius 2 is 2.12 bits per heavy atom. The minimum atomic E-state index is -3.10. The standard InChI is InChI=1S/C16H21F3N4O3/c1-10-9-26-8-6-21(10)13-12(17)14(25)23-4-3-11(16(2,18)19)22(5-7-24)15(23)20-13/h7,10-11H,3-6,8-9H2,1-2H3/t10-,11+/m1/s1. The number of aldehydes is 1. The van der Waals surface area contributed by atoms with Crippen LogP contribution in [0.4, 0.5) is 24.9 Å². The summed E-state index contributed by atoms with van der Waals surface area (Å²) in [7, 11) is 0. The second kappa shape index (κ2) is 6.90. The van der Waals surface area contributed by atoms with Gasteiger partial charge in [0.05, 0.1) is 31.8 Å². The maximum Gasteiger partial charge on any atom is 0.293 e. The van der Waals surface area contributed by atoms with E-state index in [-0.39, 0.29) is 37.3 Å². The summed E-state index contributed by atoms with van der Waals surface area (Å²) in [6, 6.07) is -1.51. The molecule has 0 amide bonds. The molecule has 1 aromatic heterocycles. The normalized spacial score (nSPS) is 23.7. The molecule has 3 rings (SSSR count). The van der Waals surface area contributed by atoms with Crippen LogP contribution in [-0.4, -0.2) is 60.1 Å². The molecule has 1 fully saturated rings. The van der Waals surface area contributed by atoms with Crippen molar-refractivity contribution in [3.05, 3.63) is 16.2 Å². The summed E-state index contributed by atoms with van der Waals surface area (Å²) in [5.74, 6) is -4.41. The van der Waals surface area contributed by atoms with Crippen molar-refractivity contribution in [2.45, 2.75) is 44.8 Å². The number of fused-ring (bicyclic) bond motifs is 1. The summed E-state index contributed by atoms with van der Waals surface area (Å²) in [5.41, 5.74) is -0.919. The van der Waals surface area contributed by atoms with Gasteiger partial charge in [0, 0.05) is 20.0 Å². The first-order valence-electron chi connectivity index (χ1n) is 8.48. The van der Waals surface area contributed by atoms with E-state index in [0.717, 1.165) is 16.4 Å². The number of alkyl halides is 2. The molecule has 0 radical (unpaired) electrons. The molecule has 0 N–H and O–H groups in total. The van der Waals surface area contributed by atoms with Gasteiger partial charge in [0.25, 0.3) is 11.5 Å². The van der Waals surface area contributed by atoms with Crippen molar-refractivity contribution in [3.63, 3.8) is 0 Å². The zero-order valence-corrected chi connectivity index (χ0v) is 14.6. The van der Waals surface area contributed by atoms with Crippen molar-refractivity contribution in [2.75, 3.05) is 36.1 Å². The van der Waals surface area contributed by atoms with Gasteiger partial charge in [-0.2, -0.15) is 9.37 Å². The topological polar surface area (TPSA) is 67.7 Å². The number of hydrogen-bond acceptors (Lipinski definition) is 6. The molecule has 0 unspecified atom stereocenters. The quantitative estimate of drug-likeness (QED) is 0.734. The van der Waals surface area contributed by atoms with Crippen molar-refractivity contribution in [1.29, 1.82) is 0 Å². The predicted octanol–water partition coefficient (Wildman–Crippen LogP) is 1.04. The lowest BCUT2D eigenvalue weighted by molar-refractivity contribution is -0.107. The maximum absolute atomic E-state index is 14.7. The molecule has 3 heterocycles. The van der Waals surface area contributed by atoms with Crippen LogP contribution in [0.25, 0.3) is 0 Å². The molecule has 1 saturated heterocycles.